The Kier molecular flexibility index (Phi) is 4.98. The van der Waals surface area contributed by atoms with Crippen molar-refractivity contribution in [2.45, 2.75) is 19.0 Å². The Morgan fingerprint density at radius 1 is 1.13 bits per heavy atom. The van der Waals surface area contributed by atoms with Crippen LogP contribution in [0, 0.1) is 11.3 Å². The molecule has 1 amide bonds. The molecule has 0 fully saturated rings. The molecule has 5 rings (SSSR count). The van der Waals surface area contributed by atoms with E-state index in [1.54, 1.807) is 50.4 Å². The maximum absolute atomic E-state index is 13.4. The number of hydrogen-bond acceptors (Lipinski definition) is 6. The summed E-state index contributed by atoms with van der Waals surface area (Å²) in [5, 5.41) is 20.0. The van der Waals surface area contributed by atoms with Crippen molar-refractivity contribution in [1.82, 2.24) is 9.58 Å². The lowest BCUT2D eigenvalue weighted by atomic mass is 10.1. The standard InChI is InChI=1S/C23H16N4O2S2/c24-12-15-13-26(18-6-2-1-5-16(18)23(15)29)14-22(28)27-19(21-8-4-10-31-21)11-17(25-27)20-7-3-9-30-20/h1-10,13,19H,11,14H2. The molecule has 6 nitrogen and oxygen atoms in total. The summed E-state index contributed by atoms with van der Waals surface area (Å²) in [6.45, 7) is -0.0153. The van der Waals surface area contributed by atoms with E-state index in [2.05, 4.69) is 5.10 Å². The minimum absolute atomic E-state index is 0.0153. The summed E-state index contributed by atoms with van der Waals surface area (Å²) in [6, 6.07) is 16.8. The van der Waals surface area contributed by atoms with Gasteiger partial charge in [0.15, 0.2) is 0 Å². The second-order valence-corrected chi connectivity index (χ2v) is 9.05. The number of aromatic nitrogens is 1. The zero-order valence-corrected chi connectivity index (χ0v) is 17.9. The molecule has 0 radical (unpaired) electrons. The van der Waals surface area contributed by atoms with Crippen LogP contribution >= 0.6 is 22.7 Å². The van der Waals surface area contributed by atoms with Gasteiger partial charge in [0.25, 0.3) is 5.91 Å². The van der Waals surface area contributed by atoms with E-state index < -0.39 is 0 Å². The molecule has 152 valence electrons. The number of fused-ring (bicyclic) bond motifs is 1. The fourth-order valence-electron chi connectivity index (χ4n) is 3.81. The Morgan fingerprint density at radius 2 is 1.94 bits per heavy atom. The molecule has 4 aromatic rings. The van der Waals surface area contributed by atoms with Gasteiger partial charge in [0.1, 0.15) is 18.2 Å². The monoisotopic (exact) mass is 444 g/mol. The van der Waals surface area contributed by atoms with Gasteiger partial charge in [-0.25, -0.2) is 5.01 Å². The van der Waals surface area contributed by atoms with Crippen molar-refractivity contribution in [1.29, 1.82) is 5.26 Å². The summed E-state index contributed by atoms with van der Waals surface area (Å²) < 4.78 is 1.67. The van der Waals surface area contributed by atoms with E-state index >= 15 is 0 Å². The van der Waals surface area contributed by atoms with Gasteiger partial charge in [-0.05, 0) is 35.0 Å². The Balaban J connectivity index is 1.54. The van der Waals surface area contributed by atoms with Gasteiger partial charge >= 0.3 is 0 Å². The first-order valence-corrected chi connectivity index (χ1v) is 11.4. The number of benzene rings is 1. The molecule has 1 aromatic carbocycles. The van der Waals surface area contributed by atoms with Crippen molar-refractivity contribution < 1.29 is 4.79 Å². The molecule has 3 aromatic heterocycles. The lowest BCUT2D eigenvalue weighted by Gasteiger charge is -2.22. The summed E-state index contributed by atoms with van der Waals surface area (Å²) in [6.07, 6.45) is 2.11. The third kappa shape index (κ3) is 3.48. The lowest BCUT2D eigenvalue weighted by Crippen LogP contribution is -2.30. The molecular formula is C23H16N4O2S2. The van der Waals surface area contributed by atoms with Crippen LogP contribution in [0.1, 0.15) is 27.8 Å². The van der Waals surface area contributed by atoms with E-state index in [9.17, 15) is 14.9 Å². The SMILES string of the molecule is N#Cc1cn(CC(=O)N2N=C(c3cccs3)CC2c2cccs2)c2ccccc2c1=O. The fraction of sp³-hybridized carbons (Fsp3) is 0.130. The Labute approximate surface area is 185 Å². The number of pyridine rings is 1. The zero-order valence-electron chi connectivity index (χ0n) is 16.3. The van der Waals surface area contributed by atoms with Crippen molar-refractivity contribution >= 4 is 45.2 Å². The van der Waals surface area contributed by atoms with Crippen LogP contribution in [0.15, 0.2) is 75.4 Å². The number of hydrogen-bond donors (Lipinski definition) is 0. The number of rotatable bonds is 4. The minimum atomic E-state index is -0.322. The van der Waals surface area contributed by atoms with Gasteiger partial charge < -0.3 is 4.57 Å². The largest absolute Gasteiger partial charge is 0.336 e. The molecule has 1 aliphatic heterocycles. The Bertz CT molecular complexity index is 1400. The average molecular weight is 445 g/mol. The molecule has 1 aliphatic rings. The first-order chi connectivity index (χ1) is 15.2. The maximum atomic E-state index is 13.4. The molecule has 0 bridgehead atoms. The third-order valence-electron chi connectivity index (χ3n) is 5.26. The van der Waals surface area contributed by atoms with Gasteiger partial charge in [0, 0.05) is 22.9 Å². The zero-order chi connectivity index (χ0) is 21.4. The van der Waals surface area contributed by atoms with Gasteiger partial charge in [-0.2, -0.15) is 10.4 Å². The van der Waals surface area contributed by atoms with Crippen LogP contribution in [0.3, 0.4) is 0 Å². The normalized spacial score (nSPS) is 15.8. The van der Waals surface area contributed by atoms with Crippen LogP contribution in [-0.2, 0) is 11.3 Å². The van der Waals surface area contributed by atoms with E-state index in [-0.39, 0.29) is 29.5 Å². The molecule has 0 aliphatic carbocycles. The predicted octanol–water partition coefficient (Wildman–Crippen LogP) is 4.37. The first kappa shape index (κ1) is 19.4. The summed E-state index contributed by atoms with van der Waals surface area (Å²) in [5.41, 5.74) is 1.21. The number of carbonyl (C=O) groups is 1. The van der Waals surface area contributed by atoms with Gasteiger partial charge in [-0.15, -0.1) is 22.7 Å². The number of amides is 1. The highest BCUT2D eigenvalue weighted by molar-refractivity contribution is 7.12. The topological polar surface area (TPSA) is 78.5 Å². The highest BCUT2D eigenvalue weighted by Crippen LogP contribution is 2.36. The number of carbonyl (C=O) groups excluding carboxylic acids is 1. The van der Waals surface area contributed by atoms with E-state index in [0.717, 1.165) is 15.5 Å². The van der Waals surface area contributed by atoms with Crippen LogP contribution in [0.5, 0.6) is 0 Å². The van der Waals surface area contributed by atoms with Gasteiger partial charge in [-0.3, -0.25) is 9.59 Å². The van der Waals surface area contributed by atoms with E-state index in [1.165, 1.54) is 6.20 Å². The summed E-state index contributed by atoms with van der Waals surface area (Å²) in [4.78, 5) is 28.0. The summed E-state index contributed by atoms with van der Waals surface area (Å²) >= 11 is 3.21. The van der Waals surface area contributed by atoms with Crippen LogP contribution in [-0.4, -0.2) is 21.2 Å². The van der Waals surface area contributed by atoms with Crippen molar-refractivity contribution in [2.24, 2.45) is 5.10 Å². The quantitative estimate of drug-likeness (QED) is 0.469. The lowest BCUT2D eigenvalue weighted by molar-refractivity contribution is -0.133. The number of nitriles is 1. The Hall–Kier alpha value is -3.54. The number of thiophene rings is 2. The van der Waals surface area contributed by atoms with E-state index in [1.807, 2.05) is 47.2 Å². The number of para-hydroxylation sites is 1. The minimum Gasteiger partial charge on any atom is -0.336 e. The highest BCUT2D eigenvalue weighted by atomic mass is 32.1. The molecule has 0 spiro atoms. The van der Waals surface area contributed by atoms with Gasteiger partial charge in [0.05, 0.1) is 22.1 Å². The first-order valence-electron chi connectivity index (χ1n) is 9.65. The number of nitrogens with zero attached hydrogens (tertiary/aromatic N) is 4. The highest BCUT2D eigenvalue weighted by Gasteiger charge is 2.34. The average Bonchev–Trinajstić information content (AvgIpc) is 3.56. The molecular weight excluding hydrogens is 428 g/mol. The molecule has 0 saturated heterocycles. The molecule has 0 N–H and O–H groups in total. The molecule has 1 unspecified atom stereocenters. The Morgan fingerprint density at radius 3 is 2.68 bits per heavy atom. The fourth-order valence-corrected chi connectivity index (χ4v) is 5.34. The molecule has 1 atom stereocenters. The van der Waals surface area contributed by atoms with Crippen LogP contribution in [0.25, 0.3) is 10.9 Å². The van der Waals surface area contributed by atoms with E-state index in [0.29, 0.717) is 17.3 Å². The summed E-state index contributed by atoms with van der Waals surface area (Å²) in [5.74, 6) is -0.192. The van der Waals surface area contributed by atoms with Crippen LogP contribution in [0.2, 0.25) is 0 Å². The van der Waals surface area contributed by atoms with Crippen molar-refractivity contribution in [3.05, 3.63) is 91.0 Å². The van der Waals surface area contributed by atoms with Crippen LogP contribution < -0.4 is 5.43 Å². The molecule has 4 heterocycles. The smallest absolute Gasteiger partial charge is 0.263 e. The van der Waals surface area contributed by atoms with Crippen molar-refractivity contribution in [2.75, 3.05) is 0 Å². The van der Waals surface area contributed by atoms with Crippen LogP contribution in [0.4, 0.5) is 0 Å². The third-order valence-corrected chi connectivity index (χ3v) is 7.15. The molecule has 0 saturated carbocycles. The van der Waals surface area contributed by atoms with Gasteiger partial charge in [-0.1, -0.05) is 24.3 Å². The second kappa shape index (κ2) is 7.95. The van der Waals surface area contributed by atoms with Crippen molar-refractivity contribution in [3.8, 4) is 6.07 Å². The maximum Gasteiger partial charge on any atom is 0.263 e. The molecule has 8 heteroatoms. The number of hydrazone groups is 1. The molecule has 31 heavy (non-hydrogen) atoms. The van der Waals surface area contributed by atoms with Crippen molar-refractivity contribution in [3.63, 3.8) is 0 Å². The van der Waals surface area contributed by atoms with Gasteiger partial charge in [0.2, 0.25) is 5.43 Å². The second-order valence-electron chi connectivity index (χ2n) is 7.13. The summed E-state index contributed by atoms with van der Waals surface area (Å²) in [7, 11) is 0. The van der Waals surface area contributed by atoms with E-state index in [4.69, 9.17) is 0 Å². The predicted molar refractivity (Wildman–Crippen MR) is 122 cm³/mol.